The lowest BCUT2D eigenvalue weighted by molar-refractivity contribution is 0.0696. The molecule has 0 aliphatic heterocycles. The quantitative estimate of drug-likeness (QED) is 0.160. The fraction of sp³-hybridized carbons (Fsp3) is 0.219. The van der Waals surface area contributed by atoms with Crippen LogP contribution in [0.4, 0.5) is 24.8 Å². The van der Waals surface area contributed by atoms with E-state index in [9.17, 15) is 32.7 Å². The second-order valence-corrected chi connectivity index (χ2v) is 11.7. The monoisotopic (exact) mass is 708 g/mol. The Balaban J connectivity index is 1.41. The van der Waals surface area contributed by atoms with Gasteiger partial charge in [-0.2, -0.15) is 15.2 Å². The van der Waals surface area contributed by atoms with Gasteiger partial charge in [0.15, 0.2) is 11.6 Å². The molecule has 3 heterocycles. The maximum absolute atomic E-state index is 14.9. The van der Waals surface area contributed by atoms with E-state index in [1.54, 1.807) is 36.1 Å². The number of hydrogen-bond acceptors (Lipinski definition) is 9. The highest BCUT2D eigenvalue weighted by atomic mass is 35.5. The lowest BCUT2D eigenvalue weighted by atomic mass is 10.0. The zero-order valence-corrected chi connectivity index (χ0v) is 27.0. The molecule has 0 amide bonds. The van der Waals surface area contributed by atoms with Gasteiger partial charge < -0.3 is 16.2 Å². The molecule has 0 spiro atoms. The molecule has 0 atom stereocenters. The molecule has 6 rings (SSSR count). The van der Waals surface area contributed by atoms with E-state index >= 15 is 0 Å². The molecule has 0 bridgehead atoms. The number of aromatic carboxylic acids is 1. The maximum atomic E-state index is 14.9. The molecule has 258 valence electrons. The van der Waals surface area contributed by atoms with E-state index in [0.29, 0.717) is 47.0 Å². The van der Waals surface area contributed by atoms with E-state index in [4.69, 9.17) is 17.3 Å². The summed E-state index contributed by atoms with van der Waals surface area (Å²) in [6.45, 7) is -0.662. The van der Waals surface area contributed by atoms with Crippen LogP contribution in [0, 0.1) is 17.5 Å². The van der Waals surface area contributed by atoms with E-state index in [1.165, 1.54) is 23.1 Å². The summed E-state index contributed by atoms with van der Waals surface area (Å²) in [6, 6.07) is 8.88. The van der Waals surface area contributed by atoms with Crippen LogP contribution < -0.4 is 22.4 Å². The van der Waals surface area contributed by atoms with Crippen molar-refractivity contribution in [2.45, 2.75) is 32.5 Å². The average molecular weight is 709 g/mol. The Bertz CT molecular complexity index is 2390. The van der Waals surface area contributed by atoms with Gasteiger partial charge in [0.05, 0.1) is 34.9 Å². The molecule has 3 aromatic heterocycles. The first-order chi connectivity index (χ1) is 23.9. The number of nitrogens with one attached hydrogen (secondary N) is 1. The number of benzene rings is 3. The number of aryl methyl sites for hydroxylation is 3. The molecule has 18 heteroatoms. The van der Waals surface area contributed by atoms with Gasteiger partial charge in [-0.25, -0.2) is 41.8 Å². The van der Waals surface area contributed by atoms with Crippen LogP contribution in [-0.4, -0.2) is 56.3 Å². The summed E-state index contributed by atoms with van der Waals surface area (Å²) < 4.78 is 47.6. The molecule has 0 aliphatic carbocycles. The van der Waals surface area contributed by atoms with Gasteiger partial charge in [-0.15, -0.1) is 0 Å². The van der Waals surface area contributed by atoms with E-state index in [2.05, 4.69) is 25.5 Å². The summed E-state index contributed by atoms with van der Waals surface area (Å²) in [7, 11) is 1.72. The van der Waals surface area contributed by atoms with Gasteiger partial charge in [-0.1, -0.05) is 23.7 Å². The number of fused-ring (bicyclic) bond motifs is 1. The third kappa shape index (κ3) is 6.85. The zero-order valence-electron chi connectivity index (χ0n) is 26.3. The Morgan fingerprint density at radius 3 is 2.56 bits per heavy atom. The van der Waals surface area contributed by atoms with Crippen LogP contribution in [0.5, 0.6) is 0 Å². The number of carbonyl (C=O) groups is 1. The second kappa shape index (κ2) is 14.0. The van der Waals surface area contributed by atoms with Crippen molar-refractivity contribution in [1.82, 2.24) is 38.7 Å². The number of rotatable bonds is 12. The van der Waals surface area contributed by atoms with Gasteiger partial charge in [0.1, 0.15) is 18.0 Å². The number of hydrogen-bond donors (Lipinski definition) is 3. The van der Waals surface area contributed by atoms with Crippen LogP contribution in [-0.2, 0) is 39.5 Å². The Morgan fingerprint density at radius 2 is 1.80 bits per heavy atom. The van der Waals surface area contributed by atoms with Crippen molar-refractivity contribution in [1.29, 1.82) is 0 Å². The smallest absolute Gasteiger partial charge is 0.355 e. The summed E-state index contributed by atoms with van der Waals surface area (Å²) in [4.78, 5) is 47.2. The molecule has 0 radical (unpaired) electrons. The molecular formula is C32H28ClF3N10O4. The van der Waals surface area contributed by atoms with E-state index in [1.807, 2.05) is 0 Å². The number of nitrogens with two attached hydrogens (primary N) is 1. The SMILES string of the molecule is Cn1cc2c(CCN)c(Nc3nc(=O)n(Cc4ncnn4CCc4cccc(C(=O)O)c4)c(=O)n3Cc3cc(F)c(F)cc3F)c(Cl)cc2n1. The normalized spacial score (nSPS) is 11.4. The molecule has 6 aromatic rings. The zero-order chi connectivity index (χ0) is 35.7. The first-order valence-corrected chi connectivity index (χ1v) is 15.5. The largest absolute Gasteiger partial charge is 0.478 e. The predicted octanol–water partition coefficient (Wildman–Crippen LogP) is 3.24. The third-order valence-electron chi connectivity index (χ3n) is 7.97. The number of aromatic nitrogens is 8. The molecule has 50 heavy (non-hydrogen) atoms. The first kappa shape index (κ1) is 34.1. The van der Waals surface area contributed by atoms with Crippen molar-refractivity contribution in [2.75, 3.05) is 11.9 Å². The Labute approximate surface area is 285 Å². The maximum Gasteiger partial charge on any atom is 0.355 e. The number of anilines is 2. The Hall–Kier alpha value is -5.81. The highest BCUT2D eigenvalue weighted by molar-refractivity contribution is 6.34. The minimum absolute atomic E-state index is 0.113. The number of carboxylic acid groups (broad SMARTS) is 1. The highest BCUT2D eigenvalue weighted by Crippen LogP contribution is 2.35. The van der Waals surface area contributed by atoms with Gasteiger partial charge in [-0.3, -0.25) is 9.25 Å². The molecular weight excluding hydrogens is 681 g/mol. The van der Waals surface area contributed by atoms with Crippen LogP contribution in [0.1, 0.15) is 32.9 Å². The average Bonchev–Trinajstić information content (AvgIpc) is 3.68. The summed E-state index contributed by atoms with van der Waals surface area (Å²) in [6.07, 6.45) is 3.62. The standard InChI is InChI=1S/C32H28ClF3N10O4/c1-43-14-21-20(5-7-37)28(22(33)11-26(21)42-43)40-30-41-31(49)45(32(50)44(30)13-19-10-24(35)25(36)12-23(19)34)15-27-38-16-39-46(27)8-6-17-3-2-4-18(9-17)29(47)48/h2-4,9-12,14,16H,5-8,13,15,37H2,1H3,(H,47,48)(H,40,41,49). The summed E-state index contributed by atoms with van der Waals surface area (Å²) in [5.41, 5.74) is 5.74. The van der Waals surface area contributed by atoms with Crippen LogP contribution >= 0.6 is 11.6 Å². The lowest BCUT2D eigenvalue weighted by Gasteiger charge is -2.19. The minimum Gasteiger partial charge on any atom is -0.478 e. The number of carboxylic acids is 1. The minimum atomic E-state index is -1.42. The van der Waals surface area contributed by atoms with Crippen LogP contribution in [0.15, 0.2) is 64.6 Å². The highest BCUT2D eigenvalue weighted by Gasteiger charge is 2.22. The first-order valence-electron chi connectivity index (χ1n) is 15.1. The van der Waals surface area contributed by atoms with Crippen LogP contribution in [0.25, 0.3) is 10.9 Å². The van der Waals surface area contributed by atoms with Crippen molar-refractivity contribution in [3.05, 3.63) is 127 Å². The van der Waals surface area contributed by atoms with Gasteiger partial charge >= 0.3 is 17.3 Å². The molecule has 14 nitrogen and oxygen atoms in total. The molecule has 4 N–H and O–H groups in total. The summed E-state index contributed by atoms with van der Waals surface area (Å²) >= 11 is 6.65. The number of nitrogens with zero attached hydrogens (tertiary/aromatic N) is 8. The molecule has 0 unspecified atom stereocenters. The molecule has 0 saturated carbocycles. The second-order valence-electron chi connectivity index (χ2n) is 11.3. The van der Waals surface area contributed by atoms with Crippen molar-refractivity contribution < 1.29 is 23.1 Å². The fourth-order valence-corrected chi connectivity index (χ4v) is 5.82. The van der Waals surface area contributed by atoms with Crippen molar-refractivity contribution >= 4 is 40.1 Å². The predicted molar refractivity (Wildman–Crippen MR) is 176 cm³/mol. The molecule has 0 saturated heterocycles. The molecule has 0 fully saturated rings. The van der Waals surface area contributed by atoms with E-state index in [0.717, 1.165) is 9.13 Å². The topological polar surface area (TPSA) is 181 Å². The lowest BCUT2D eigenvalue weighted by Crippen LogP contribution is -2.43. The fourth-order valence-electron chi connectivity index (χ4n) is 5.56. The van der Waals surface area contributed by atoms with Gasteiger partial charge in [0.2, 0.25) is 5.95 Å². The summed E-state index contributed by atoms with van der Waals surface area (Å²) in [5.74, 6) is -5.15. The van der Waals surface area contributed by atoms with Gasteiger partial charge in [0, 0.05) is 36.8 Å². The Morgan fingerprint density at radius 1 is 1.02 bits per heavy atom. The summed E-state index contributed by atoms with van der Waals surface area (Å²) in [5, 5.41) is 21.6. The van der Waals surface area contributed by atoms with E-state index < -0.39 is 53.5 Å². The van der Waals surface area contributed by atoms with Crippen molar-refractivity contribution in [3.63, 3.8) is 0 Å². The Kier molecular flexibility index (Phi) is 9.52. The third-order valence-corrected chi connectivity index (χ3v) is 8.26. The van der Waals surface area contributed by atoms with Crippen molar-refractivity contribution in [2.24, 2.45) is 12.8 Å². The van der Waals surface area contributed by atoms with Crippen LogP contribution in [0.3, 0.4) is 0 Å². The number of halogens is 4. The van der Waals surface area contributed by atoms with Gasteiger partial charge in [0.25, 0.3) is 0 Å². The van der Waals surface area contributed by atoms with Gasteiger partial charge in [-0.05, 0) is 54.8 Å². The van der Waals surface area contributed by atoms with Crippen LogP contribution in [0.2, 0.25) is 5.02 Å². The molecule has 3 aromatic carbocycles. The van der Waals surface area contributed by atoms with Crippen molar-refractivity contribution in [3.8, 4) is 0 Å². The molecule has 0 aliphatic rings. The van der Waals surface area contributed by atoms with E-state index in [-0.39, 0.29) is 41.1 Å².